The Hall–Kier alpha value is -2.08. The Labute approximate surface area is 168 Å². The Morgan fingerprint density at radius 2 is 1.74 bits per heavy atom. The van der Waals surface area contributed by atoms with E-state index in [-0.39, 0.29) is 18.4 Å². The van der Waals surface area contributed by atoms with Gasteiger partial charge in [-0.15, -0.1) is 0 Å². The third-order valence-electron chi connectivity index (χ3n) is 4.40. The van der Waals surface area contributed by atoms with Gasteiger partial charge in [-0.1, -0.05) is 53.5 Å². The van der Waals surface area contributed by atoms with E-state index < -0.39 is 6.04 Å². The van der Waals surface area contributed by atoms with Crippen molar-refractivity contribution < 1.29 is 14.5 Å². The molecule has 0 bridgehead atoms. The molecule has 0 radical (unpaired) electrons. The van der Waals surface area contributed by atoms with E-state index in [0.717, 1.165) is 23.3 Å². The van der Waals surface area contributed by atoms with Gasteiger partial charge in [0.25, 0.3) is 11.8 Å². The third kappa shape index (κ3) is 5.70. The van der Waals surface area contributed by atoms with E-state index in [1.54, 1.807) is 18.2 Å². The summed E-state index contributed by atoms with van der Waals surface area (Å²) in [6.45, 7) is 0.208. The van der Waals surface area contributed by atoms with Crippen molar-refractivity contribution >= 4 is 40.7 Å². The Bertz CT molecular complexity index is 805. The second kappa shape index (κ2) is 8.74. The average molecular weight is 407 g/mol. The minimum Gasteiger partial charge on any atom is -0.348 e. The van der Waals surface area contributed by atoms with E-state index in [2.05, 4.69) is 10.6 Å². The summed E-state index contributed by atoms with van der Waals surface area (Å²) in [4.78, 5) is 26.0. The molecule has 2 aromatic rings. The number of carbonyl (C=O) groups excluding carboxylic acids is 2. The number of anilines is 1. The molecule has 0 aromatic heterocycles. The first-order valence-electron chi connectivity index (χ1n) is 8.86. The normalized spacial score (nSPS) is 15.7. The Balaban J connectivity index is 1.78. The zero-order valence-electron chi connectivity index (χ0n) is 15.0. The standard InChI is InChI=1S/C20H21Cl2N3O2/c1-25(12-18(26)23-16-7-8-16)19(13-5-3-2-4-6-13)20(27)24-17-10-14(21)9-15(22)11-17/h2-6,9-11,16,19H,7-8,12H2,1H3,(H,23,26)(H,24,27)/p+1/t19-/m1/s1. The summed E-state index contributed by atoms with van der Waals surface area (Å²) in [6, 6.07) is 14.1. The van der Waals surface area contributed by atoms with Crippen LogP contribution in [0.5, 0.6) is 0 Å². The van der Waals surface area contributed by atoms with Crippen molar-refractivity contribution in [2.75, 3.05) is 18.9 Å². The van der Waals surface area contributed by atoms with Gasteiger partial charge in [0.15, 0.2) is 12.6 Å². The van der Waals surface area contributed by atoms with Crippen LogP contribution in [-0.4, -0.2) is 31.4 Å². The van der Waals surface area contributed by atoms with Gasteiger partial charge >= 0.3 is 0 Å². The molecular formula is C20H22Cl2N3O2+. The topological polar surface area (TPSA) is 62.6 Å². The van der Waals surface area contributed by atoms with Crippen LogP contribution in [0.15, 0.2) is 48.5 Å². The molecule has 1 aliphatic rings. The summed E-state index contributed by atoms with van der Waals surface area (Å²) in [5.74, 6) is -0.272. The summed E-state index contributed by atoms with van der Waals surface area (Å²) in [6.07, 6.45) is 2.06. The van der Waals surface area contributed by atoms with Crippen LogP contribution >= 0.6 is 23.2 Å². The van der Waals surface area contributed by atoms with E-state index in [1.807, 2.05) is 37.4 Å². The average Bonchev–Trinajstić information content (AvgIpc) is 3.38. The molecule has 142 valence electrons. The fourth-order valence-corrected chi connectivity index (χ4v) is 3.53. The highest BCUT2D eigenvalue weighted by molar-refractivity contribution is 6.35. The molecule has 1 saturated carbocycles. The maximum atomic E-state index is 13.0. The van der Waals surface area contributed by atoms with Gasteiger partial charge in [0, 0.05) is 27.3 Å². The molecule has 5 nitrogen and oxygen atoms in total. The molecule has 2 aromatic carbocycles. The summed E-state index contributed by atoms with van der Waals surface area (Å²) >= 11 is 12.0. The molecule has 0 aliphatic heterocycles. The molecule has 27 heavy (non-hydrogen) atoms. The molecule has 2 atom stereocenters. The number of amides is 2. The first-order valence-corrected chi connectivity index (χ1v) is 9.61. The lowest BCUT2D eigenvalue weighted by Crippen LogP contribution is -3.11. The lowest BCUT2D eigenvalue weighted by atomic mass is 10.0. The van der Waals surface area contributed by atoms with Crippen molar-refractivity contribution in [3.8, 4) is 0 Å². The van der Waals surface area contributed by atoms with Crippen molar-refractivity contribution in [1.82, 2.24) is 5.32 Å². The maximum absolute atomic E-state index is 13.0. The van der Waals surface area contributed by atoms with E-state index >= 15 is 0 Å². The zero-order chi connectivity index (χ0) is 19.4. The Kier molecular flexibility index (Phi) is 6.37. The van der Waals surface area contributed by atoms with Crippen LogP contribution in [0.1, 0.15) is 24.4 Å². The van der Waals surface area contributed by atoms with Crippen molar-refractivity contribution in [3.63, 3.8) is 0 Å². The van der Waals surface area contributed by atoms with Crippen molar-refractivity contribution in [2.45, 2.75) is 24.9 Å². The number of likely N-dealkylation sites (N-methyl/N-ethyl adjacent to an activating group) is 1. The molecule has 0 heterocycles. The number of hydrogen-bond donors (Lipinski definition) is 3. The molecular weight excluding hydrogens is 385 g/mol. The number of benzene rings is 2. The van der Waals surface area contributed by atoms with Crippen molar-refractivity contribution in [2.24, 2.45) is 0 Å². The van der Waals surface area contributed by atoms with E-state index in [0.29, 0.717) is 21.8 Å². The van der Waals surface area contributed by atoms with Crippen LogP contribution in [0.3, 0.4) is 0 Å². The Morgan fingerprint density at radius 1 is 1.11 bits per heavy atom. The molecule has 3 N–H and O–H groups in total. The minimum absolute atomic E-state index is 0.0467. The second-order valence-corrected chi connectivity index (χ2v) is 7.73. The van der Waals surface area contributed by atoms with E-state index in [9.17, 15) is 9.59 Å². The first kappa shape index (κ1) is 19.7. The van der Waals surface area contributed by atoms with Crippen molar-refractivity contribution in [3.05, 3.63) is 64.1 Å². The smallest absolute Gasteiger partial charge is 0.287 e. The fourth-order valence-electron chi connectivity index (χ4n) is 3.01. The highest BCUT2D eigenvalue weighted by Gasteiger charge is 2.32. The molecule has 1 unspecified atom stereocenters. The second-order valence-electron chi connectivity index (χ2n) is 6.86. The van der Waals surface area contributed by atoms with Gasteiger partial charge in [-0.25, -0.2) is 0 Å². The minimum atomic E-state index is -0.547. The maximum Gasteiger partial charge on any atom is 0.287 e. The Morgan fingerprint density at radius 3 is 2.33 bits per heavy atom. The van der Waals surface area contributed by atoms with Gasteiger partial charge in [-0.2, -0.15) is 0 Å². The van der Waals surface area contributed by atoms with Gasteiger partial charge in [0.1, 0.15) is 0 Å². The zero-order valence-corrected chi connectivity index (χ0v) is 16.5. The quantitative estimate of drug-likeness (QED) is 0.661. The van der Waals surface area contributed by atoms with Crippen LogP contribution in [-0.2, 0) is 9.59 Å². The van der Waals surface area contributed by atoms with Gasteiger partial charge in [0.05, 0.1) is 7.05 Å². The number of quaternary nitrogens is 1. The first-order chi connectivity index (χ1) is 12.9. The van der Waals surface area contributed by atoms with Crippen LogP contribution in [0.4, 0.5) is 5.69 Å². The van der Waals surface area contributed by atoms with Gasteiger partial charge in [-0.05, 0) is 31.0 Å². The predicted molar refractivity (Wildman–Crippen MR) is 107 cm³/mol. The van der Waals surface area contributed by atoms with Crippen LogP contribution in [0, 0.1) is 0 Å². The summed E-state index contributed by atoms with van der Waals surface area (Å²) in [5.41, 5.74) is 1.36. The predicted octanol–water partition coefficient (Wildman–Crippen LogP) is 2.47. The lowest BCUT2D eigenvalue weighted by Gasteiger charge is -2.24. The molecule has 2 amide bonds. The molecule has 1 aliphatic carbocycles. The molecule has 3 rings (SSSR count). The summed E-state index contributed by atoms with van der Waals surface area (Å²) in [5, 5.41) is 6.72. The molecule has 7 heteroatoms. The summed E-state index contributed by atoms with van der Waals surface area (Å²) < 4.78 is 0. The highest BCUT2D eigenvalue weighted by atomic mass is 35.5. The number of hydrogen-bond acceptors (Lipinski definition) is 2. The number of halogens is 2. The number of rotatable bonds is 7. The largest absolute Gasteiger partial charge is 0.348 e. The highest BCUT2D eigenvalue weighted by Crippen LogP contribution is 2.23. The van der Waals surface area contributed by atoms with E-state index in [4.69, 9.17) is 23.2 Å². The third-order valence-corrected chi connectivity index (χ3v) is 4.84. The number of nitrogens with one attached hydrogen (secondary N) is 3. The monoisotopic (exact) mass is 406 g/mol. The van der Waals surface area contributed by atoms with E-state index in [1.165, 1.54) is 0 Å². The fraction of sp³-hybridized carbons (Fsp3) is 0.300. The van der Waals surface area contributed by atoms with Crippen LogP contribution < -0.4 is 15.5 Å². The van der Waals surface area contributed by atoms with Crippen molar-refractivity contribution in [1.29, 1.82) is 0 Å². The lowest BCUT2D eigenvalue weighted by molar-refractivity contribution is -0.894. The SMILES string of the molecule is C[NH+](CC(=O)NC1CC1)[C@@H](C(=O)Nc1cc(Cl)cc(Cl)c1)c1ccccc1. The van der Waals surface area contributed by atoms with Gasteiger partial charge in [-0.3, -0.25) is 9.59 Å². The molecule has 0 saturated heterocycles. The van der Waals surface area contributed by atoms with Gasteiger partial charge in [0.2, 0.25) is 0 Å². The van der Waals surface area contributed by atoms with Gasteiger partial charge < -0.3 is 15.5 Å². The molecule has 0 spiro atoms. The van der Waals surface area contributed by atoms with Crippen LogP contribution in [0.2, 0.25) is 10.0 Å². The summed E-state index contributed by atoms with van der Waals surface area (Å²) in [7, 11) is 1.84. The van der Waals surface area contributed by atoms with Crippen LogP contribution in [0.25, 0.3) is 0 Å². The number of carbonyl (C=O) groups is 2. The molecule has 1 fully saturated rings.